The summed E-state index contributed by atoms with van der Waals surface area (Å²) < 4.78 is 0. The van der Waals surface area contributed by atoms with Gasteiger partial charge in [-0.1, -0.05) is 12.2 Å². The van der Waals surface area contributed by atoms with E-state index < -0.39 is 0 Å². The highest BCUT2D eigenvalue weighted by Crippen LogP contribution is 2.10. The number of hydrogen-bond acceptors (Lipinski definition) is 5. The Labute approximate surface area is 115 Å². The van der Waals surface area contributed by atoms with Gasteiger partial charge in [-0.25, -0.2) is 4.98 Å². The van der Waals surface area contributed by atoms with Gasteiger partial charge in [-0.2, -0.15) is 0 Å². The first kappa shape index (κ1) is 12.9. The number of rotatable bonds is 5. The molecule has 0 aliphatic rings. The highest BCUT2D eigenvalue weighted by atomic mass is 32.1. The van der Waals surface area contributed by atoms with Gasteiger partial charge in [0.15, 0.2) is 0 Å². The van der Waals surface area contributed by atoms with E-state index in [1.807, 2.05) is 19.1 Å². The second-order valence-corrected chi connectivity index (χ2v) is 5.33. The van der Waals surface area contributed by atoms with Gasteiger partial charge in [0.25, 0.3) is 0 Å². The number of thiazole rings is 1. The maximum Gasteiger partial charge on any atom is 0.122 e. The average Bonchev–Trinajstić information content (AvgIpc) is 2.76. The van der Waals surface area contributed by atoms with Gasteiger partial charge in [0.1, 0.15) is 4.99 Å². The van der Waals surface area contributed by atoms with E-state index in [4.69, 9.17) is 18.0 Å². The van der Waals surface area contributed by atoms with Crippen LogP contribution in [0.4, 0.5) is 5.69 Å². The molecule has 0 bridgehead atoms. The topological polar surface area (TPSA) is 63.8 Å². The minimum atomic E-state index is 0.319. The fourth-order valence-electron chi connectivity index (χ4n) is 1.50. The standard InChI is InChI=1S/C12H14N4S2/c1-8-16-10(7-18-8)4-5-14-9-2-3-11(12(13)17)15-6-9/h2-3,6-7,14H,4-5H2,1H3,(H2,13,17). The first-order valence-electron chi connectivity index (χ1n) is 5.56. The summed E-state index contributed by atoms with van der Waals surface area (Å²) in [5.74, 6) is 0. The molecule has 0 aliphatic heterocycles. The Bertz CT molecular complexity index is 533. The lowest BCUT2D eigenvalue weighted by Crippen LogP contribution is -2.12. The van der Waals surface area contributed by atoms with Crippen molar-refractivity contribution in [1.82, 2.24) is 9.97 Å². The predicted molar refractivity (Wildman–Crippen MR) is 79.2 cm³/mol. The molecule has 2 rings (SSSR count). The van der Waals surface area contributed by atoms with Crippen LogP contribution in [-0.4, -0.2) is 21.5 Å². The largest absolute Gasteiger partial charge is 0.388 e. The van der Waals surface area contributed by atoms with Gasteiger partial charge in [-0.05, 0) is 19.1 Å². The van der Waals surface area contributed by atoms with Crippen molar-refractivity contribution in [3.05, 3.63) is 40.1 Å². The van der Waals surface area contributed by atoms with E-state index in [0.717, 1.165) is 29.4 Å². The quantitative estimate of drug-likeness (QED) is 0.820. The number of aryl methyl sites for hydroxylation is 1. The monoisotopic (exact) mass is 278 g/mol. The second-order valence-electron chi connectivity index (χ2n) is 3.83. The number of nitrogens with one attached hydrogen (secondary N) is 1. The van der Waals surface area contributed by atoms with Crippen LogP contribution < -0.4 is 11.1 Å². The third kappa shape index (κ3) is 3.48. The molecule has 3 N–H and O–H groups in total. The van der Waals surface area contributed by atoms with E-state index >= 15 is 0 Å². The fourth-order valence-corrected chi connectivity index (χ4v) is 2.27. The van der Waals surface area contributed by atoms with E-state index in [-0.39, 0.29) is 0 Å². The number of pyridine rings is 1. The molecular weight excluding hydrogens is 264 g/mol. The third-order valence-electron chi connectivity index (χ3n) is 2.39. The first-order valence-corrected chi connectivity index (χ1v) is 6.84. The summed E-state index contributed by atoms with van der Waals surface area (Å²) in [6.07, 6.45) is 2.64. The summed E-state index contributed by atoms with van der Waals surface area (Å²) in [4.78, 5) is 8.89. The average molecular weight is 278 g/mol. The number of hydrogen-bond donors (Lipinski definition) is 2. The SMILES string of the molecule is Cc1nc(CCNc2ccc(C(N)=S)nc2)cs1. The van der Waals surface area contributed by atoms with E-state index in [1.165, 1.54) is 0 Å². The van der Waals surface area contributed by atoms with Gasteiger partial charge in [-0.3, -0.25) is 4.98 Å². The van der Waals surface area contributed by atoms with Gasteiger partial charge in [0.2, 0.25) is 0 Å². The molecule has 2 aromatic rings. The molecule has 0 aromatic carbocycles. The van der Waals surface area contributed by atoms with Crippen molar-refractivity contribution in [3.63, 3.8) is 0 Å². The van der Waals surface area contributed by atoms with E-state index in [0.29, 0.717) is 10.7 Å². The van der Waals surface area contributed by atoms with Crippen LogP contribution in [0.2, 0.25) is 0 Å². The molecule has 6 heteroatoms. The Hall–Kier alpha value is -1.53. The molecule has 0 saturated heterocycles. The lowest BCUT2D eigenvalue weighted by molar-refractivity contribution is 0.967. The van der Waals surface area contributed by atoms with Gasteiger partial charge in [0.05, 0.1) is 28.3 Å². The fraction of sp³-hybridized carbons (Fsp3) is 0.250. The van der Waals surface area contributed by atoms with Gasteiger partial charge < -0.3 is 11.1 Å². The molecule has 0 amide bonds. The Morgan fingerprint density at radius 2 is 2.33 bits per heavy atom. The zero-order valence-corrected chi connectivity index (χ0v) is 11.6. The van der Waals surface area contributed by atoms with Crippen LogP contribution in [0.25, 0.3) is 0 Å². The molecule has 0 atom stereocenters. The summed E-state index contributed by atoms with van der Waals surface area (Å²) in [5, 5.41) is 6.48. The van der Waals surface area contributed by atoms with Crippen molar-refractivity contribution in [1.29, 1.82) is 0 Å². The van der Waals surface area contributed by atoms with Crippen molar-refractivity contribution >= 4 is 34.2 Å². The predicted octanol–water partition coefficient (Wildman–Crippen LogP) is 2.14. The number of aromatic nitrogens is 2. The van der Waals surface area contributed by atoms with Crippen LogP contribution in [-0.2, 0) is 6.42 Å². The van der Waals surface area contributed by atoms with Crippen LogP contribution in [0, 0.1) is 6.92 Å². The van der Waals surface area contributed by atoms with Crippen molar-refractivity contribution in [2.45, 2.75) is 13.3 Å². The molecule has 0 spiro atoms. The van der Waals surface area contributed by atoms with E-state index in [2.05, 4.69) is 20.7 Å². The summed E-state index contributed by atoms with van der Waals surface area (Å²) in [5.41, 5.74) is 8.21. The molecule has 0 unspecified atom stereocenters. The lowest BCUT2D eigenvalue weighted by atomic mass is 10.3. The number of thiocarbonyl (C=S) groups is 1. The molecule has 2 heterocycles. The third-order valence-corrected chi connectivity index (χ3v) is 3.42. The summed E-state index contributed by atoms with van der Waals surface area (Å²) in [6, 6.07) is 3.74. The van der Waals surface area contributed by atoms with E-state index in [9.17, 15) is 0 Å². The zero-order valence-electron chi connectivity index (χ0n) is 10.0. The van der Waals surface area contributed by atoms with Crippen LogP contribution in [0.3, 0.4) is 0 Å². The molecule has 18 heavy (non-hydrogen) atoms. The maximum atomic E-state index is 5.48. The van der Waals surface area contributed by atoms with Gasteiger partial charge in [-0.15, -0.1) is 11.3 Å². The minimum Gasteiger partial charge on any atom is -0.388 e. The summed E-state index contributed by atoms with van der Waals surface area (Å²) in [6.45, 7) is 2.84. The van der Waals surface area contributed by atoms with Gasteiger partial charge >= 0.3 is 0 Å². The minimum absolute atomic E-state index is 0.319. The number of nitrogens with two attached hydrogens (primary N) is 1. The Morgan fingerprint density at radius 3 is 2.89 bits per heavy atom. The van der Waals surface area contributed by atoms with Crippen LogP contribution in [0.15, 0.2) is 23.7 Å². The molecule has 2 aromatic heterocycles. The molecule has 0 radical (unpaired) electrons. The number of anilines is 1. The normalized spacial score (nSPS) is 10.3. The molecule has 0 fully saturated rings. The molecule has 0 aliphatic carbocycles. The van der Waals surface area contributed by atoms with E-state index in [1.54, 1.807) is 17.5 Å². The second kappa shape index (κ2) is 5.88. The van der Waals surface area contributed by atoms with Crippen molar-refractivity contribution in [2.75, 3.05) is 11.9 Å². The van der Waals surface area contributed by atoms with Crippen LogP contribution in [0.5, 0.6) is 0 Å². The Kier molecular flexibility index (Phi) is 4.22. The highest BCUT2D eigenvalue weighted by molar-refractivity contribution is 7.80. The first-order chi connectivity index (χ1) is 8.65. The lowest BCUT2D eigenvalue weighted by Gasteiger charge is -2.05. The zero-order chi connectivity index (χ0) is 13.0. The van der Waals surface area contributed by atoms with Crippen LogP contribution >= 0.6 is 23.6 Å². The van der Waals surface area contributed by atoms with Crippen molar-refractivity contribution < 1.29 is 0 Å². The summed E-state index contributed by atoms with van der Waals surface area (Å²) in [7, 11) is 0. The smallest absolute Gasteiger partial charge is 0.122 e. The Balaban J connectivity index is 1.85. The molecule has 94 valence electrons. The van der Waals surface area contributed by atoms with Crippen LogP contribution in [0.1, 0.15) is 16.4 Å². The number of nitrogens with zero attached hydrogens (tertiary/aromatic N) is 2. The Morgan fingerprint density at radius 1 is 1.50 bits per heavy atom. The van der Waals surface area contributed by atoms with Crippen molar-refractivity contribution in [3.8, 4) is 0 Å². The molecule has 4 nitrogen and oxygen atoms in total. The van der Waals surface area contributed by atoms with Gasteiger partial charge in [0, 0.05) is 18.3 Å². The highest BCUT2D eigenvalue weighted by Gasteiger charge is 2.00. The maximum absolute atomic E-state index is 5.48. The van der Waals surface area contributed by atoms with Crippen molar-refractivity contribution in [2.24, 2.45) is 5.73 Å². The summed E-state index contributed by atoms with van der Waals surface area (Å²) >= 11 is 6.52. The molecule has 0 saturated carbocycles. The molecular formula is C12H14N4S2.